The molecule has 1 amide bonds. The predicted octanol–water partition coefficient (Wildman–Crippen LogP) is 19.6. The van der Waals surface area contributed by atoms with Crippen LogP contribution in [-0.4, -0.2) is 87.5 Å². The minimum atomic E-state index is -1.58. The lowest BCUT2D eigenvalue weighted by Crippen LogP contribution is -2.60. The number of nitrogens with one attached hydrogen (secondary N) is 1. The number of hydrogen-bond acceptors (Lipinski definition) is 8. The molecule has 9 heteroatoms. The molecule has 0 aromatic carbocycles. The van der Waals surface area contributed by atoms with Gasteiger partial charge in [-0.05, 0) is 70.6 Å². The maximum atomic E-state index is 13.1. The first kappa shape index (κ1) is 78.2. The van der Waals surface area contributed by atoms with Crippen LogP contribution < -0.4 is 5.32 Å². The number of ether oxygens (including phenoxy) is 2. The average Bonchev–Trinajstić information content (AvgIpc) is 3.52. The van der Waals surface area contributed by atoms with Crippen LogP contribution >= 0.6 is 0 Å². The van der Waals surface area contributed by atoms with Crippen LogP contribution in [0, 0.1) is 0 Å². The van der Waals surface area contributed by atoms with Crippen molar-refractivity contribution in [2.75, 3.05) is 13.2 Å². The van der Waals surface area contributed by atoms with Gasteiger partial charge in [0.2, 0.25) is 5.91 Å². The minimum absolute atomic E-state index is 0.184. The molecule has 0 aromatic rings. The Balaban J connectivity index is 2.07. The number of aliphatic hydroxyl groups is 5. The second kappa shape index (κ2) is 62.2. The SMILES string of the molecule is CCCCCCCCCC/C=C\CCCCCCCCCCCCCCCCCCCCCCCCCCCCCC(=O)NC(COC1OC(CO)C(O)C(O)C1O)C(O)/C=C/CC/C=C/CC/C=C/CCCCCCCCCCCC. The second-order valence-electron chi connectivity index (χ2n) is 25.0. The molecule has 0 spiro atoms. The highest BCUT2D eigenvalue weighted by molar-refractivity contribution is 5.76. The van der Waals surface area contributed by atoms with Gasteiger partial charge in [0.25, 0.3) is 0 Å². The highest BCUT2D eigenvalue weighted by Gasteiger charge is 2.44. The summed E-state index contributed by atoms with van der Waals surface area (Å²) in [5.74, 6) is -0.184. The lowest BCUT2D eigenvalue weighted by Gasteiger charge is -2.40. The summed E-state index contributed by atoms with van der Waals surface area (Å²) in [4.78, 5) is 13.1. The van der Waals surface area contributed by atoms with E-state index in [1.54, 1.807) is 6.08 Å². The van der Waals surface area contributed by atoms with Crippen molar-refractivity contribution in [3.8, 4) is 0 Å². The molecule has 1 rings (SSSR count). The van der Waals surface area contributed by atoms with E-state index in [0.29, 0.717) is 6.42 Å². The van der Waals surface area contributed by atoms with Gasteiger partial charge in [-0.1, -0.05) is 326 Å². The molecule has 82 heavy (non-hydrogen) atoms. The molecule has 0 aromatic heterocycles. The first-order valence-corrected chi connectivity index (χ1v) is 35.9. The van der Waals surface area contributed by atoms with Crippen molar-refractivity contribution in [1.29, 1.82) is 0 Å². The molecule has 7 unspecified atom stereocenters. The van der Waals surface area contributed by atoms with Gasteiger partial charge in [-0.3, -0.25) is 4.79 Å². The van der Waals surface area contributed by atoms with Crippen molar-refractivity contribution >= 4 is 5.91 Å². The molecule has 1 heterocycles. The number of rotatable bonds is 63. The van der Waals surface area contributed by atoms with E-state index in [4.69, 9.17) is 9.47 Å². The fourth-order valence-electron chi connectivity index (χ4n) is 11.5. The Morgan fingerprint density at radius 2 is 0.695 bits per heavy atom. The Morgan fingerprint density at radius 1 is 0.402 bits per heavy atom. The summed E-state index contributed by atoms with van der Waals surface area (Å²) < 4.78 is 11.3. The fourth-order valence-corrected chi connectivity index (χ4v) is 11.5. The van der Waals surface area contributed by atoms with Crippen molar-refractivity contribution < 1.29 is 39.8 Å². The van der Waals surface area contributed by atoms with Gasteiger partial charge in [0.05, 0.1) is 25.4 Å². The van der Waals surface area contributed by atoms with E-state index in [2.05, 4.69) is 55.6 Å². The lowest BCUT2D eigenvalue weighted by atomic mass is 9.99. The summed E-state index contributed by atoms with van der Waals surface area (Å²) in [6.07, 6.45) is 78.2. The van der Waals surface area contributed by atoms with Crippen LogP contribution in [0.1, 0.15) is 354 Å². The van der Waals surface area contributed by atoms with E-state index in [-0.39, 0.29) is 12.5 Å². The van der Waals surface area contributed by atoms with E-state index in [1.165, 1.54) is 289 Å². The summed E-state index contributed by atoms with van der Waals surface area (Å²) in [7, 11) is 0. The Morgan fingerprint density at radius 3 is 1.02 bits per heavy atom. The van der Waals surface area contributed by atoms with Gasteiger partial charge in [0.1, 0.15) is 24.4 Å². The number of unbranched alkanes of at least 4 members (excludes halogenated alkanes) is 47. The van der Waals surface area contributed by atoms with Crippen molar-refractivity contribution in [1.82, 2.24) is 5.32 Å². The highest BCUT2D eigenvalue weighted by atomic mass is 16.7. The Kier molecular flexibility index (Phi) is 59.3. The Hall–Kier alpha value is -1.85. The molecular formula is C73H137NO8. The Bertz CT molecular complexity index is 1430. The molecule has 7 atom stereocenters. The van der Waals surface area contributed by atoms with Gasteiger partial charge < -0.3 is 40.3 Å². The van der Waals surface area contributed by atoms with Gasteiger partial charge in [-0.2, -0.15) is 0 Å². The highest BCUT2D eigenvalue weighted by Crippen LogP contribution is 2.23. The largest absolute Gasteiger partial charge is 0.394 e. The van der Waals surface area contributed by atoms with Crippen LogP contribution in [0.25, 0.3) is 0 Å². The number of allylic oxidation sites excluding steroid dienone is 7. The molecule has 0 saturated carbocycles. The third-order valence-electron chi connectivity index (χ3n) is 17.1. The molecule has 1 saturated heterocycles. The lowest BCUT2D eigenvalue weighted by molar-refractivity contribution is -0.302. The number of aliphatic hydroxyl groups excluding tert-OH is 5. The molecule has 0 bridgehead atoms. The predicted molar refractivity (Wildman–Crippen MR) is 350 cm³/mol. The first-order valence-electron chi connectivity index (χ1n) is 35.9. The maximum Gasteiger partial charge on any atom is 0.220 e. The van der Waals surface area contributed by atoms with Crippen LogP contribution in [0.2, 0.25) is 0 Å². The summed E-state index contributed by atoms with van der Waals surface area (Å²) >= 11 is 0. The van der Waals surface area contributed by atoms with E-state index in [9.17, 15) is 30.3 Å². The normalized spacial score (nSPS) is 18.5. The van der Waals surface area contributed by atoms with E-state index in [0.717, 1.165) is 44.9 Å². The molecule has 1 aliphatic rings. The van der Waals surface area contributed by atoms with Gasteiger partial charge in [-0.25, -0.2) is 0 Å². The van der Waals surface area contributed by atoms with Crippen LogP contribution in [-0.2, 0) is 14.3 Å². The molecule has 0 radical (unpaired) electrons. The zero-order valence-corrected chi connectivity index (χ0v) is 54.0. The van der Waals surface area contributed by atoms with Gasteiger partial charge in [0.15, 0.2) is 6.29 Å². The molecule has 6 N–H and O–H groups in total. The molecule has 482 valence electrons. The smallest absolute Gasteiger partial charge is 0.220 e. The quantitative estimate of drug-likeness (QED) is 0.0261. The van der Waals surface area contributed by atoms with E-state index < -0.39 is 49.5 Å². The average molecular weight is 1160 g/mol. The summed E-state index contributed by atoms with van der Waals surface area (Å²) in [5, 5.41) is 54.7. The van der Waals surface area contributed by atoms with Crippen LogP contribution in [0.15, 0.2) is 48.6 Å². The van der Waals surface area contributed by atoms with Gasteiger partial charge in [0, 0.05) is 6.42 Å². The fraction of sp³-hybridized carbons (Fsp3) is 0.877. The number of carbonyl (C=O) groups is 1. The molecular weight excluding hydrogens is 1020 g/mol. The van der Waals surface area contributed by atoms with E-state index in [1.807, 2.05) is 6.08 Å². The summed E-state index contributed by atoms with van der Waals surface area (Å²) in [6, 6.07) is -0.828. The van der Waals surface area contributed by atoms with E-state index >= 15 is 0 Å². The standard InChI is InChI=1S/C73H137NO8/c1-3-5-7-9-11-13-15-17-19-21-23-25-26-27-28-29-30-31-32-33-34-35-36-37-38-39-40-41-42-43-45-47-49-51-53-55-57-59-61-63-69(77)74-66(65-81-73-72(80)71(79)70(78)68(64-75)82-73)67(76)62-60-58-56-54-52-50-48-46-44-24-22-20-18-16-14-12-10-8-6-4-2/h21,23,44,46,52,54,60,62,66-68,70-73,75-76,78-80H,3-20,22,24-43,45,47-51,53,55-59,61,63-65H2,1-2H3,(H,74,77)/b23-21-,46-44+,54-52+,62-60+. The number of hydrogen-bond donors (Lipinski definition) is 6. The third-order valence-corrected chi connectivity index (χ3v) is 17.1. The molecule has 1 fully saturated rings. The zero-order valence-electron chi connectivity index (χ0n) is 54.0. The van der Waals surface area contributed by atoms with Crippen LogP contribution in [0.3, 0.4) is 0 Å². The molecule has 9 nitrogen and oxygen atoms in total. The van der Waals surface area contributed by atoms with Crippen molar-refractivity contribution in [3.05, 3.63) is 48.6 Å². The van der Waals surface area contributed by atoms with Crippen molar-refractivity contribution in [2.24, 2.45) is 0 Å². The van der Waals surface area contributed by atoms with Gasteiger partial charge in [-0.15, -0.1) is 0 Å². The maximum absolute atomic E-state index is 13.1. The topological polar surface area (TPSA) is 149 Å². The third kappa shape index (κ3) is 50.3. The summed E-state index contributed by atoms with van der Waals surface area (Å²) in [5.41, 5.74) is 0. The van der Waals surface area contributed by atoms with Crippen molar-refractivity contribution in [3.63, 3.8) is 0 Å². The number of carbonyl (C=O) groups excluding carboxylic acids is 1. The zero-order chi connectivity index (χ0) is 59.3. The van der Waals surface area contributed by atoms with Crippen LogP contribution in [0.4, 0.5) is 0 Å². The first-order chi connectivity index (χ1) is 40.3. The Labute approximate surface area is 507 Å². The summed E-state index contributed by atoms with van der Waals surface area (Å²) in [6.45, 7) is 3.80. The minimum Gasteiger partial charge on any atom is -0.394 e. The molecule has 1 aliphatic heterocycles. The molecule has 0 aliphatic carbocycles. The van der Waals surface area contributed by atoms with Crippen molar-refractivity contribution in [2.45, 2.75) is 397 Å². The monoisotopic (exact) mass is 1160 g/mol. The second-order valence-corrected chi connectivity index (χ2v) is 25.0. The number of amides is 1. The van der Waals surface area contributed by atoms with Gasteiger partial charge >= 0.3 is 0 Å². The van der Waals surface area contributed by atoms with Crippen LogP contribution in [0.5, 0.6) is 0 Å².